The van der Waals surface area contributed by atoms with Crippen molar-refractivity contribution >= 4 is 38.4 Å². The van der Waals surface area contributed by atoms with Gasteiger partial charge in [-0.15, -0.1) is 0 Å². The summed E-state index contributed by atoms with van der Waals surface area (Å²) in [4.78, 5) is 5.23. The minimum Gasteiger partial charge on any atom is -0.455 e. The third kappa shape index (κ3) is 5.75. The second-order valence-corrected chi connectivity index (χ2v) is 14.1. The molecule has 53 heavy (non-hydrogen) atoms. The van der Waals surface area contributed by atoms with Gasteiger partial charge in [0.2, 0.25) is 0 Å². The molecule has 1 atom stereocenters. The van der Waals surface area contributed by atoms with Gasteiger partial charge in [0.1, 0.15) is 17.3 Å². The van der Waals surface area contributed by atoms with Gasteiger partial charge in [0, 0.05) is 21.9 Å². The molecule has 6 aromatic carbocycles. The summed E-state index contributed by atoms with van der Waals surface area (Å²) in [7, 11) is 0. The second-order valence-electron chi connectivity index (χ2n) is 14.1. The molecule has 0 bridgehead atoms. The molecular weight excluding hydrogens is 645 g/mol. The molecular formula is C50H38N2O. The maximum absolute atomic E-state index is 6.66. The predicted molar refractivity (Wildman–Crippen MR) is 222 cm³/mol. The van der Waals surface area contributed by atoms with Crippen LogP contribution in [0.25, 0.3) is 66.1 Å². The maximum Gasteiger partial charge on any atom is 0.145 e. The Bertz CT molecular complexity index is 2730. The van der Waals surface area contributed by atoms with E-state index < -0.39 is 0 Å². The average Bonchev–Trinajstić information content (AvgIpc) is 3.63. The van der Waals surface area contributed by atoms with Crippen molar-refractivity contribution in [1.29, 1.82) is 0 Å². The first-order valence-electron chi connectivity index (χ1n) is 18.7. The summed E-state index contributed by atoms with van der Waals surface area (Å²) < 4.78 is 6.66. The number of nitrogens with one attached hydrogen (secondary N) is 1. The number of fused-ring (bicyclic) bond motifs is 5. The standard InChI is InChI=1S/C50H38N2O/c1-4-14-34(15-5-1)43-31-44-48-40(24-13-25-47(48)53-49(44)42-23-11-10-22-41(42)43)39-21-12-20-38(30-39)33-26-28-36(29-27-33)46-32-45(35-16-6-2-7-17-35)51-50(52-46)37-18-8-3-9-19-37/h1-2,4-6,8,10-16,18-32,50-51H,3,7,9,17H2. The number of rotatable bonds is 6. The van der Waals surface area contributed by atoms with Crippen molar-refractivity contribution in [1.82, 2.24) is 5.32 Å². The van der Waals surface area contributed by atoms with Gasteiger partial charge in [-0.05, 0) is 105 Å². The van der Waals surface area contributed by atoms with Crippen LogP contribution in [0.4, 0.5) is 0 Å². The monoisotopic (exact) mass is 682 g/mol. The molecule has 3 heteroatoms. The Hall–Kier alpha value is -6.45. The predicted octanol–water partition coefficient (Wildman–Crippen LogP) is 12.9. The fourth-order valence-corrected chi connectivity index (χ4v) is 8.14. The Morgan fingerprint density at radius 1 is 0.604 bits per heavy atom. The summed E-state index contributed by atoms with van der Waals surface area (Å²) in [6, 6.07) is 45.8. The van der Waals surface area contributed by atoms with Gasteiger partial charge in [0.25, 0.3) is 0 Å². The van der Waals surface area contributed by atoms with Crippen LogP contribution in [0.5, 0.6) is 0 Å². The largest absolute Gasteiger partial charge is 0.455 e. The molecule has 0 fully saturated rings. The van der Waals surface area contributed by atoms with Gasteiger partial charge in [-0.1, -0.05) is 146 Å². The Morgan fingerprint density at radius 3 is 2.23 bits per heavy atom. The van der Waals surface area contributed by atoms with Crippen LogP contribution in [-0.2, 0) is 0 Å². The fraction of sp³-hybridized carbons (Fsp3) is 0.100. The lowest BCUT2D eigenvalue weighted by Gasteiger charge is -2.28. The molecule has 7 aromatic rings. The summed E-state index contributed by atoms with van der Waals surface area (Å²) in [5, 5.41) is 8.34. The minimum atomic E-state index is -0.0896. The van der Waals surface area contributed by atoms with E-state index in [0.29, 0.717) is 0 Å². The number of benzene rings is 6. The molecule has 1 N–H and O–H groups in total. The lowest BCUT2D eigenvalue weighted by molar-refractivity contribution is 0.662. The van der Waals surface area contributed by atoms with E-state index in [0.717, 1.165) is 69.8 Å². The van der Waals surface area contributed by atoms with Crippen LogP contribution in [0.3, 0.4) is 0 Å². The highest BCUT2D eigenvalue weighted by Crippen LogP contribution is 2.43. The zero-order valence-electron chi connectivity index (χ0n) is 29.4. The van der Waals surface area contributed by atoms with E-state index in [1.54, 1.807) is 0 Å². The third-order valence-electron chi connectivity index (χ3n) is 10.8. The summed E-state index contributed by atoms with van der Waals surface area (Å²) in [6.07, 6.45) is 19.8. The molecule has 2 aliphatic carbocycles. The van der Waals surface area contributed by atoms with Crippen LogP contribution < -0.4 is 5.32 Å². The number of hydrogen-bond acceptors (Lipinski definition) is 3. The quantitative estimate of drug-likeness (QED) is 0.190. The Kier molecular flexibility index (Phi) is 7.83. The third-order valence-corrected chi connectivity index (χ3v) is 10.8. The molecule has 0 spiro atoms. The number of nitrogens with zero attached hydrogens (tertiary/aromatic N) is 1. The van der Waals surface area contributed by atoms with E-state index in [-0.39, 0.29) is 6.17 Å². The van der Waals surface area contributed by atoms with Crippen molar-refractivity contribution in [3.63, 3.8) is 0 Å². The van der Waals surface area contributed by atoms with Gasteiger partial charge in [0.05, 0.1) is 5.71 Å². The lowest BCUT2D eigenvalue weighted by Crippen LogP contribution is -2.34. The molecule has 3 nitrogen and oxygen atoms in total. The maximum atomic E-state index is 6.66. The van der Waals surface area contributed by atoms with Gasteiger partial charge in [-0.2, -0.15) is 0 Å². The van der Waals surface area contributed by atoms with Crippen LogP contribution >= 0.6 is 0 Å². The smallest absolute Gasteiger partial charge is 0.145 e. The molecule has 2 heterocycles. The van der Waals surface area contributed by atoms with Crippen LogP contribution in [0.1, 0.15) is 31.2 Å². The van der Waals surface area contributed by atoms with Crippen LogP contribution in [0.15, 0.2) is 196 Å². The summed E-state index contributed by atoms with van der Waals surface area (Å²) in [5.41, 5.74) is 14.8. The van der Waals surface area contributed by atoms with Crippen LogP contribution in [0.2, 0.25) is 0 Å². The molecule has 1 unspecified atom stereocenters. The number of hydrogen-bond donors (Lipinski definition) is 1. The lowest BCUT2D eigenvalue weighted by atomic mass is 9.92. The number of furan rings is 1. The molecule has 10 rings (SSSR count). The number of aliphatic imine (C=N–C) groups is 1. The van der Waals surface area contributed by atoms with Crippen LogP contribution in [0, 0.1) is 0 Å². The molecule has 0 amide bonds. The van der Waals surface area contributed by atoms with Gasteiger partial charge in [-0.3, -0.25) is 4.99 Å². The Morgan fingerprint density at radius 2 is 1.40 bits per heavy atom. The van der Waals surface area contributed by atoms with Gasteiger partial charge >= 0.3 is 0 Å². The first-order valence-corrected chi connectivity index (χ1v) is 18.7. The molecule has 0 radical (unpaired) electrons. The van der Waals surface area contributed by atoms with Crippen LogP contribution in [-0.4, -0.2) is 11.9 Å². The van der Waals surface area contributed by atoms with E-state index in [9.17, 15) is 0 Å². The summed E-state index contributed by atoms with van der Waals surface area (Å²) >= 11 is 0. The van der Waals surface area contributed by atoms with Crippen molar-refractivity contribution in [3.8, 4) is 33.4 Å². The van der Waals surface area contributed by atoms with Crippen molar-refractivity contribution in [2.45, 2.75) is 31.8 Å². The average molecular weight is 683 g/mol. The van der Waals surface area contributed by atoms with Gasteiger partial charge in [0.15, 0.2) is 0 Å². The normalized spacial score (nSPS) is 17.0. The van der Waals surface area contributed by atoms with Crippen molar-refractivity contribution in [2.24, 2.45) is 4.99 Å². The highest BCUT2D eigenvalue weighted by Gasteiger charge is 2.22. The summed E-state index contributed by atoms with van der Waals surface area (Å²) in [5.74, 6) is 0. The minimum absolute atomic E-state index is 0.0896. The Balaban J connectivity index is 1.03. The van der Waals surface area contributed by atoms with E-state index in [1.807, 2.05) is 0 Å². The highest BCUT2D eigenvalue weighted by molar-refractivity contribution is 6.22. The van der Waals surface area contributed by atoms with Crippen molar-refractivity contribution < 1.29 is 4.42 Å². The van der Waals surface area contributed by atoms with E-state index in [2.05, 4.69) is 175 Å². The fourth-order valence-electron chi connectivity index (χ4n) is 8.14. The molecule has 0 saturated heterocycles. The zero-order chi connectivity index (χ0) is 35.1. The molecule has 3 aliphatic rings. The second kappa shape index (κ2) is 13.3. The highest BCUT2D eigenvalue weighted by atomic mass is 16.3. The Labute approximate surface area is 309 Å². The first kappa shape index (κ1) is 31.3. The van der Waals surface area contributed by atoms with E-state index in [4.69, 9.17) is 9.41 Å². The molecule has 0 saturated carbocycles. The summed E-state index contributed by atoms with van der Waals surface area (Å²) in [6.45, 7) is 0. The molecule has 254 valence electrons. The van der Waals surface area contributed by atoms with E-state index >= 15 is 0 Å². The van der Waals surface area contributed by atoms with Gasteiger partial charge in [-0.25, -0.2) is 0 Å². The van der Waals surface area contributed by atoms with E-state index in [1.165, 1.54) is 50.0 Å². The molecule has 1 aromatic heterocycles. The zero-order valence-corrected chi connectivity index (χ0v) is 29.4. The van der Waals surface area contributed by atoms with Crippen molar-refractivity contribution in [2.75, 3.05) is 0 Å². The number of allylic oxidation sites excluding steroid dienone is 7. The van der Waals surface area contributed by atoms with Gasteiger partial charge < -0.3 is 9.73 Å². The molecule has 1 aliphatic heterocycles. The SMILES string of the molecule is C1=CCCC(C2=CC(c3ccc(-c4cccc(-c5cccc6oc7c8ccccc8c(-c8ccccc8)cc7c56)c4)cc3)=NC(C3=CCCC=C3)N2)=C1. The topological polar surface area (TPSA) is 37.5 Å². The van der Waals surface area contributed by atoms with Crippen molar-refractivity contribution in [3.05, 3.63) is 192 Å². The first-order chi connectivity index (χ1) is 26.3.